The number of aliphatic hydroxyl groups excluding tert-OH is 2. The summed E-state index contributed by atoms with van der Waals surface area (Å²) in [6.07, 6.45) is 15.7. The van der Waals surface area contributed by atoms with E-state index in [9.17, 15) is 24.9 Å². The van der Waals surface area contributed by atoms with Gasteiger partial charge in [-0.2, -0.15) is 0 Å². The molecule has 0 aliphatic heterocycles. The Balaban J connectivity index is 0.00000109. The van der Waals surface area contributed by atoms with Gasteiger partial charge in [0.15, 0.2) is 11.6 Å². The van der Waals surface area contributed by atoms with Crippen LogP contribution in [0.15, 0.2) is 23.8 Å². The van der Waals surface area contributed by atoms with Gasteiger partial charge < -0.3 is 15.3 Å². The van der Waals surface area contributed by atoms with E-state index in [1.54, 1.807) is 12.2 Å². The van der Waals surface area contributed by atoms with Gasteiger partial charge in [-0.05, 0) is 56.1 Å². The minimum absolute atomic E-state index is 0.00912. The van der Waals surface area contributed by atoms with E-state index in [1.165, 1.54) is 0 Å². The summed E-state index contributed by atoms with van der Waals surface area (Å²) < 4.78 is 0. The summed E-state index contributed by atoms with van der Waals surface area (Å²) in [6, 6.07) is 0. The monoisotopic (exact) mass is 386 g/mol. The summed E-state index contributed by atoms with van der Waals surface area (Å²) in [7, 11) is 0. The number of fused-ring (bicyclic) bond motifs is 5. The molecule has 0 aromatic heterocycles. The van der Waals surface area contributed by atoms with E-state index in [0.717, 1.165) is 24.8 Å². The molecule has 0 amide bonds. The largest absolute Gasteiger partial charge is 0.393 e. The molecule has 5 heteroatoms. The van der Waals surface area contributed by atoms with E-state index in [1.807, 2.05) is 13.0 Å². The number of rotatable bonds is 2. The van der Waals surface area contributed by atoms with Gasteiger partial charge in [0, 0.05) is 16.7 Å². The quantitative estimate of drug-likeness (QED) is 0.629. The van der Waals surface area contributed by atoms with Crippen LogP contribution in [-0.2, 0) is 9.59 Å². The molecule has 4 aliphatic rings. The van der Waals surface area contributed by atoms with E-state index in [4.69, 9.17) is 0 Å². The summed E-state index contributed by atoms with van der Waals surface area (Å²) >= 11 is 0. The number of hydrogen-bond donors (Lipinski definition) is 3. The minimum atomic E-state index is -1.56. The van der Waals surface area contributed by atoms with Gasteiger partial charge in [-0.15, -0.1) is 12.8 Å². The zero-order valence-corrected chi connectivity index (χ0v) is 16.6. The number of ketones is 2. The fourth-order valence-electron chi connectivity index (χ4n) is 6.92. The van der Waals surface area contributed by atoms with Crippen molar-refractivity contribution in [1.82, 2.24) is 0 Å². The van der Waals surface area contributed by atoms with Gasteiger partial charge in [-0.25, -0.2) is 0 Å². The normalized spacial score (nSPS) is 46.4. The molecule has 4 rings (SSSR count). The highest BCUT2D eigenvalue weighted by Crippen LogP contribution is 2.67. The molecular weight excluding hydrogens is 356 g/mol. The van der Waals surface area contributed by atoms with Crippen molar-refractivity contribution in [1.29, 1.82) is 0 Å². The zero-order valence-electron chi connectivity index (χ0n) is 16.6. The number of Topliss-reactive ketones (excluding diaryl/α,β-unsaturated/α-hetero) is 1. The van der Waals surface area contributed by atoms with Crippen LogP contribution in [0.25, 0.3) is 0 Å². The van der Waals surface area contributed by atoms with Crippen molar-refractivity contribution in [3.8, 4) is 12.8 Å². The first-order valence-corrected chi connectivity index (χ1v) is 9.99. The number of carbonyl (C=O) groups excluding carboxylic acids is 2. The van der Waals surface area contributed by atoms with Crippen LogP contribution in [0.2, 0.25) is 0 Å². The molecule has 5 nitrogen and oxygen atoms in total. The maximum absolute atomic E-state index is 12.4. The summed E-state index contributed by atoms with van der Waals surface area (Å²) in [4.78, 5) is 24.2. The average Bonchev–Trinajstić information content (AvgIpc) is 2.94. The zero-order chi connectivity index (χ0) is 20.9. The second kappa shape index (κ2) is 6.95. The molecular formula is C23H30O5. The van der Waals surface area contributed by atoms with Gasteiger partial charge in [0.25, 0.3) is 0 Å². The molecule has 3 N–H and O–H groups in total. The molecule has 0 aromatic rings. The molecule has 3 fully saturated rings. The van der Waals surface area contributed by atoms with Crippen LogP contribution < -0.4 is 0 Å². The van der Waals surface area contributed by atoms with Crippen LogP contribution in [0, 0.1) is 41.4 Å². The van der Waals surface area contributed by atoms with E-state index in [2.05, 4.69) is 19.8 Å². The lowest BCUT2D eigenvalue weighted by Gasteiger charge is -2.59. The van der Waals surface area contributed by atoms with E-state index in [0.29, 0.717) is 12.8 Å². The predicted octanol–water partition coefficient (Wildman–Crippen LogP) is 1.81. The average molecular weight is 386 g/mol. The molecule has 0 heterocycles. The van der Waals surface area contributed by atoms with E-state index >= 15 is 0 Å². The Morgan fingerprint density at radius 2 is 1.96 bits per heavy atom. The van der Waals surface area contributed by atoms with Gasteiger partial charge in [0.2, 0.25) is 0 Å². The third-order valence-corrected chi connectivity index (χ3v) is 8.25. The summed E-state index contributed by atoms with van der Waals surface area (Å²) in [5.41, 5.74) is -1.54. The molecule has 28 heavy (non-hydrogen) atoms. The molecule has 0 spiro atoms. The lowest BCUT2D eigenvalue weighted by Crippen LogP contribution is -2.61. The van der Waals surface area contributed by atoms with Gasteiger partial charge >= 0.3 is 0 Å². The topological polar surface area (TPSA) is 94.8 Å². The van der Waals surface area contributed by atoms with Crippen molar-refractivity contribution in [2.45, 2.75) is 57.7 Å². The molecule has 3 saturated carbocycles. The second-order valence-electron chi connectivity index (χ2n) is 9.19. The van der Waals surface area contributed by atoms with Crippen LogP contribution in [-0.4, -0.2) is 45.2 Å². The van der Waals surface area contributed by atoms with Crippen LogP contribution in [0.3, 0.4) is 0 Å². The Morgan fingerprint density at radius 1 is 1.29 bits per heavy atom. The number of carbonyl (C=O) groups is 2. The van der Waals surface area contributed by atoms with Crippen molar-refractivity contribution in [2.75, 3.05) is 6.61 Å². The fourth-order valence-corrected chi connectivity index (χ4v) is 6.92. The maximum atomic E-state index is 12.4. The molecule has 152 valence electrons. The number of hydrogen-bond acceptors (Lipinski definition) is 5. The molecule has 0 aromatic carbocycles. The highest BCUT2D eigenvalue weighted by Gasteiger charge is 2.67. The van der Waals surface area contributed by atoms with Crippen molar-refractivity contribution in [3.63, 3.8) is 0 Å². The number of allylic oxidation sites excluding steroid dienone is 4. The fraction of sp³-hybridized carbons (Fsp3) is 0.652. The van der Waals surface area contributed by atoms with E-state index < -0.39 is 29.5 Å². The summed E-state index contributed by atoms with van der Waals surface area (Å²) in [5, 5.41) is 31.7. The second-order valence-corrected chi connectivity index (χ2v) is 9.19. The standard InChI is InChI=1S/C21H28O5.C2H2/c1-19-7-5-13(23)9-12(19)3-4-14-15-6-8-21(26,17(25)11-22)20(15,2)10-16(24)18(14)19;1-2/h5,7,9,14-16,18,22,24,26H,3-4,6,8,10-11H2,1-2H3;1-2H/t14?,15?,16?,18?,19?,20?,21-;/m0./s1. The number of aliphatic hydroxyl groups is 3. The van der Waals surface area contributed by atoms with Gasteiger partial charge in [-0.3, -0.25) is 9.59 Å². The minimum Gasteiger partial charge on any atom is -0.393 e. The van der Waals surface area contributed by atoms with Gasteiger partial charge in [0.05, 0.1) is 6.10 Å². The predicted molar refractivity (Wildman–Crippen MR) is 105 cm³/mol. The highest BCUT2D eigenvalue weighted by molar-refractivity contribution is 6.01. The molecule has 7 atom stereocenters. The lowest BCUT2D eigenvalue weighted by molar-refractivity contribution is -0.178. The maximum Gasteiger partial charge on any atom is 0.190 e. The van der Waals surface area contributed by atoms with Crippen LogP contribution in [0.4, 0.5) is 0 Å². The first kappa shape index (κ1) is 21.0. The van der Waals surface area contributed by atoms with Gasteiger partial charge in [0.1, 0.15) is 12.2 Å². The highest BCUT2D eigenvalue weighted by atomic mass is 16.3. The van der Waals surface area contributed by atoms with Crippen LogP contribution in [0.5, 0.6) is 0 Å². The molecule has 0 radical (unpaired) electrons. The molecule has 0 saturated heterocycles. The smallest absolute Gasteiger partial charge is 0.190 e. The SMILES string of the molecule is C#C.CC12C=CC(=O)C=C1CCC1C2C(O)CC2(C)C1CC[C@]2(O)C(=O)CO. The first-order chi connectivity index (χ1) is 13.2. The van der Waals surface area contributed by atoms with Crippen molar-refractivity contribution in [3.05, 3.63) is 23.8 Å². The summed E-state index contributed by atoms with van der Waals surface area (Å²) in [5.74, 6) is -0.227. The summed E-state index contributed by atoms with van der Waals surface area (Å²) in [6.45, 7) is 3.34. The first-order valence-electron chi connectivity index (χ1n) is 9.99. The molecule has 4 aliphatic carbocycles. The van der Waals surface area contributed by atoms with Gasteiger partial charge in [-0.1, -0.05) is 25.5 Å². The van der Waals surface area contributed by atoms with E-state index in [-0.39, 0.29) is 29.0 Å². The Hall–Kier alpha value is -1.74. The van der Waals surface area contributed by atoms with Crippen molar-refractivity contribution >= 4 is 11.6 Å². The Kier molecular flexibility index (Phi) is 5.21. The third kappa shape index (κ3) is 2.58. The van der Waals surface area contributed by atoms with Crippen LogP contribution in [0.1, 0.15) is 46.0 Å². The van der Waals surface area contributed by atoms with Crippen LogP contribution >= 0.6 is 0 Å². The third-order valence-electron chi connectivity index (χ3n) is 8.25. The lowest BCUT2D eigenvalue weighted by atomic mass is 9.46. The Bertz CT molecular complexity index is 764. The van der Waals surface area contributed by atoms with Crippen molar-refractivity contribution in [2.24, 2.45) is 28.6 Å². The molecule has 6 unspecified atom stereocenters. The molecule has 0 bridgehead atoms. The Labute approximate surface area is 166 Å². The Morgan fingerprint density at radius 3 is 2.61 bits per heavy atom. The van der Waals surface area contributed by atoms with Crippen molar-refractivity contribution < 1.29 is 24.9 Å². The number of terminal acetylenes is 1.